The Kier molecular flexibility index (Phi) is 5.25. The van der Waals surface area contributed by atoms with Gasteiger partial charge in [0.05, 0.1) is 5.92 Å². The Hall–Kier alpha value is -1.67. The van der Waals surface area contributed by atoms with Gasteiger partial charge in [-0.15, -0.1) is 0 Å². The minimum atomic E-state index is -1.22. The van der Waals surface area contributed by atoms with Crippen LogP contribution in [-0.4, -0.2) is 60.2 Å². The molecule has 3 amide bonds. The topological polar surface area (TPSA) is 108 Å². The fourth-order valence-corrected chi connectivity index (χ4v) is 1.85. The van der Waals surface area contributed by atoms with Crippen molar-refractivity contribution in [2.75, 3.05) is 20.2 Å². The minimum Gasteiger partial charge on any atom is -0.358 e. The second-order valence-electron chi connectivity index (χ2n) is 4.68. The molecule has 3 unspecified atom stereocenters. The summed E-state index contributed by atoms with van der Waals surface area (Å²) in [4.78, 5) is 36.5. The number of hydroxylamine groups is 1. The summed E-state index contributed by atoms with van der Waals surface area (Å²) in [6, 6.07) is -0.236. The van der Waals surface area contributed by atoms with Crippen molar-refractivity contribution >= 4 is 17.7 Å². The molecule has 0 bridgehead atoms. The van der Waals surface area contributed by atoms with E-state index in [4.69, 9.17) is 9.94 Å². The standard InChI is InChI=1S/C11H19N3O5/c1-6-4-14(3)8(15)5-19-9(11(17)13-18)7(2)10(16)12-6/h6-7,9,18H,4-5H2,1-3H3,(H,12,16)(H,13,17). The lowest BCUT2D eigenvalue weighted by molar-refractivity contribution is -0.156. The Morgan fingerprint density at radius 3 is 2.68 bits per heavy atom. The van der Waals surface area contributed by atoms with Gasteiger partial charge in [0, 0.05) is 19.6 Å². The van der Waals surface area contributed by atoms with Crippen LogP contribution in [-0.2, 0) is 19.1 Å². The highest BCUT2D eigenvalue weighted by molar-refractivity contribution is 5.89. The minimum absolute atomic E-state index is 0.236. The maximum atomic E-state index is 11.9. The summed E-state index contributed by atoms with van der Waals surface area (Å²) < 4.78 is 5.15. The van der Waals surface area contributed by atoms with Crippen LogP contribution in [0.25, 0.3) is 0 Å². The molecule has 0 radical (unpaired) electrons. The number of nitrogens with zero attached hydrogens (tertiary/aromatic N) is 1. The molecule has 1 saturated heterocycles. The van der Waals surface area contributed by atoms with Gasteiger partial charge in [-0.2, -0.15) is 0 Å². The Morgan fingerprint density at radius 1 is 1.47 bits per heavy atom. The smallest absolute Gasteiger partial charge is 0.273 e. The van der Waals surface area contributed by atoms with Crippen LogP contribution in [0.4, 0.5) is 0 Å². The Balaban J connectivity index is 2.91. The molecule has 0 aromatic rings. The molecule has 0 saturated carbocycles. The van der Waals surface area contributed by atoms with Crippen molar-refractivity contribution in [3.63, 3.8) is 0 Å². The maximum Gasteiger partial charge on any atom is 0.273 e. The van der Waals surface area contributed by atoms with Gasteiger partial charge in [0.15, 0.2) is 0 Å². The first-order valence-electron chi connectivity index (χ1n) is 5.96. The van der Waals surface area contributed by atoms with E-state index in [9.17, 15) is 14.4 Å². The Morgan fingerprint density at radius 2 is 2.11 bits per heavy atom. The van der Waals surface area contributed by atoms with Crippen molar-refractivity contribution in [1.29, 1.82) is 0 Å². The number of nitrogens with one attached hydrogen (secondary N) is 2. The number of carbonyl (C=O) groups is 3. The molecule has 1 aliphatic heterocycles. The largest absolute Gasteiger partial charge is 0.358 e. The average molecular weight is 273 g/mol. The molecular formula is C11H19N3O5. The third-order valence-electron chi connectivity index (χ3n) is 2.98. The van der Waals surface area contributed by atoms with E-state index in [0.29, 0.717) is 6.54 Å². The normalized spacial score (nSPS) is 29.7. The molecule has 0 aromatic heterocycles. The average Bonchev–Trinajstić information content (AvgIpc) is 2.36. The van der Waals surface area contributed by atoms with E-state index in [1.54, 1.807) is 14.0 Å². The zero-order valence-electron chi connectivity index (χ0n) is 11.2. The molecule has 8 heteroatoms. The van der Waals surface area contributed by atoms with Crippen LogP contribution < -0.4 is 10.8 Å². The zero-order valence-corrected chi connectivity index (χ0v) is 11.2. The van der Waals surface area contributed by atoms with Crippen LogP contribution in [0.15, 0.2) is 0 Å². The van der Waals surface area contributed by atoms with Gasteiger partial charge in [-0.05, 0) is 6.92 Å². The summed E-state index contributed by atoms with van der Waals surface area (Å²) in [6.45, 7) is 3.30. The molecule has 0 aromatic carbocycles. The van der Waals surface area contributed by atoms with Crippen molar-refractivity contribution < 1.29 is 24.3 Å². The second kappa shape index (κ2) is 6.48. The first kappa shape index (κ1) is 15.4. The summed E-state index contributed by atoms with van der Waals surface area (Å²) in [5, 5.41) is 11.3. The van der Waals surface area contributed by atoms with Crippen LogP contribution in [0.5, 0.6) is 0 Å². The van der Waals surface area contributed by atoms with Crippen LogP contribution in [0.2, 0.25) is 0 Å². The van der Waals surface area contributed by atoms with E-state index >= 15 is 0 Å². The molecule has 3 N–H and O–H groups in total. The first-order chi connectivity index (χ1) is 8.86. The van der Waals surface area contributed by atoms with Gasteiger partial charge in [0.2, 0.25) is 11.8 Å². The van der Waals surface area contributed by atoms with E-state index in [-0.39, 0.29) is 24.5 Å². The monoisotopic (exact) mass is 273 g/mol. The predicted octanol–water partition coefficient (Wildman–Crippen LogP) is -1.51. The number of hydrogen-bond acceptors (Lipinski definition) is 5. The summed E-state index contributed by atoms with van der Waals surface area (Å²) in [5.74, 6) is -2.34. The van der Waals surface area contributed by atoms with E-state index in [1.165, 1.54) is 17.3 Å². The third-order valence-corrected chi connectivity index (χ3v) is 2.98. The Bertz CT molecular complexity index is 373. The lowest BCUT2D eigenvalue weighted by atomic mass is 10.0. The summed E-state index contributed by atoms with van der Waals surface area (Å²) in [6.07, 6.45) is -1.22. The SMILES string of the molecule is CC1CN(C)C(=O)COC(C(=O)NO)C(C)C(=O)N1. The molecule has 0 spiro atoms. The Labute approximate surface area is 111 Å². The van der Waals surface area contributed by atoms with Gasteiger partial charge in [-0.25, -0.2) is 5.48 Å². The number of likely N-dealkylation sites (N-methyl/N-ethyl adjacent to an activating group) is 1. The van der Waals surface area contributed by atoms with Crippen LogP contribution in [0.3, 0.4) is 0 Å². The molecule has 8 nitrogen and oxygen atoms in total. The molecule has 0 aliphatic carbocycles. The van der Waals surface area contributed by atoms with Gasteiger partial charge < -0.3 is 15.0 Å². The van der Waals surface area contributed by atoms with Crippen LogP contribution in [0.1, 0.15) is 13.8 Å². The van der Waals surface area contributed by atoms with Crippen molar-refractivity contribution in [3.8, 4) is 0 Å². The highest BCUT2D eigenvalue weighted by atomic mass is 16.5. The van der Waals surface area contributed by atoms with E-state index in [2.05, 4.69) is 5.32 Å². The lowest BCUT2D eigenvalue weighted by Gasteiger charge is -2.29. The maximum absolute atomic E-state index is 11.9. The molecule has 1 rings (SSSR count). The van der Waals surface area contributed by atoms with E-state index < -0.39 is 17.9 Å². The highest BCUT2D eigenvalue weighted by Crippen LogP contribution is 2.11. The fourth-order valence-electron chi connectivity index (χ4n) is 1.85. The van der Waals surface area contributed by atoms with Crippen molar-refractivity contribution in [3.05, 3.63) is 0 Å². The van der Waals surface area contributed by atoms with Gasteiger partial charge in [0.25, 0.3) is 5.91 Å². The molecule has 108 valence electrons. The molecule has 19 heavy (non-hydrogen) atoms. The van der Waals surface area contributed by atoms with E-state index in [0.717, 1.165) is 0 Å². The molecule has 1 fully saturated rings. The summed E-state index contributed by atoms with van der Waals surface area (Å²) in [5.41, 5.74) is 1.44. The fraction of sp³-hybridized carbons (Fsp3) is 0.727. The molecular weight excluding hydrogens is 254 g/mol. The number of carbonyl (C=O) groups excluding carboxylic acids is 3. The molecule has 1 heterocycles. The molecule has 3 atom stereocenters. The predicted molar refractivity (Wildman–Crippen MR) is 64.1 cm³/mol. The third kappa shape index (κ3) is 3.90. The van der Waals surface area contributed by atoms with Gasteiger partial charge in [-0.1, -0.05) is 6.92 Å². The first-order valence-corrected chi connectivity index (χ1v) is 5.96. The number of ether oxygens (including phenoxy) is 1. The highest BCUT2D eigenvalue weighted by Gasteiger charge is 2.33. The van der Waals surface area contributed by atoms with Crippen LogP contribution >= 0.6 is 0 Å². The molecule has 1 aliphatic rings. The summed E-state index contributed by atoms with van der Waals surface area (Å²) >= 11 is 0. The van der Waals surface area contributed by atoms with E-state index in [1.807, 2.05) is 0 Å². The number of hydrogen-bond donors (Lipinski definition) is 3. The van der Waals surface area contributed by atoms with Crippen molar-refractivity contribution in [2.45, 2.75) is 26.0 Å². The van der Waals surface area contributed by atoms with Gasteiger partial charge in [0.1, 0.15) is 12.7 Å². The summed E-state index contributed by atoms with van der Waals surface area (Å²) in [7, 11) is 1.58. The van der Waals surface area contributed by atoms with Crippen molar-refractivity contribution in [2.24, 2.45) is 5.92 Å². The quantitative estimate of drug-likeness (QED) is 0.397. The lowest BCUT2D eigenvalue weighted by Crippen LogP contribution is -2.52. The van der Waals surface area contributed by atoms with Crippen molar-refractivity contribution in [1.82, 2.24) is 15.7 Å². The van der Waals surface area contributed by atoms with Gasteiger partial charge in [-0.3, -0.25) is 19.6 Å². The zero-order chi connectivity index (χ0) is 14.6. The number of rotatable bonds is 1. The number of amides is 3. The van der Waals surface area contributed by atoms with Gasteiger partial charge >= 0.3 is 0 Å². The van der Waals surface area contributed by atoms with Crippen LogP contribution in [0, 0.1) is 5.92 Å². The second-order valence-corrected chi connectivity index (χ2v) is 4.68.